The van der Waals surface area contributed by atoms with Crippen LogP contribution in [0.1, 0.15) is 111 Å². The third-order valence-corrected chi connectivity index (χ3v) is 12.7. The molecule has 7 nitrogen and oxygen atoms in total. The molecule has 0 spiro atoms. The van der Waals surface area contributed by atoms with Crippen LogP contribution >= 0.6 is 0 Å². The largest absolute Gasteiger partial charge is 0.397 e. The zero-order valence-corrected chi connectivity index (χ0v) is 26.0. The van der Waals surface area contributed by atoms with Crippen LogP contribution in [-0.2, 0) is 14.6 Å². The van der Waals surface area contributed by atoms with Crippen molar-refractivity contribution in [1.82, 2.24) is 10.6 Å². The lowest BCUT2D eigenvalue weighted by molar-refractivity contribution is -0.118. The molecule has 4 fully saturated rings. The molecule has 0 amide bonds. The van der Waals surface area contributed by atoms with Gasteiger partial charge in [-0.05, 0) is 162 Å². The minimum atomic E-state index is -4.33. The summed E-state index contributed by atoms with van der Waals surface area (Å²) in [7, 11) is -4.33. The molecule has 8 heteroatoms. The molecule has 228 valence electrons. The summed E-state index contributed by atoms with van der Waals surface area (Å²) >= 11 is 0. The van der Waals surface area contributed by atoms with Crippen molar-refractivity contribution in [3.05, 3.63) is 0 Å². The van der Waals surface area contributed by atoms with Crippen LogP contribution in [0.15, 0.2) is 0 Å². The van der Waals surface area contributed by atoms with E-state index in [1.165, 1.54) is 70.6 Å². The fraction of sp³-hybridized carbons (Fsp3) is 1.00. The van der Waals surface area contributed by atoms with Crippen molar-refractivity contribution in [1.29, 1.82) is 0 Å². The molecule has 0 heterocycles. The van der Waals surface area contributed by atoms with Crippen LogP contribution in [0.5, 0.6) is 0 Å². The van der Waals surface area contributed by atoms with Gasteiger partial charge in [0.1, 0.15) is 0 Å². The van der Waals surface area contributed by atoms with Crippen molar-refractivity contribution in [3.63, 3.8) is 0 Å². The fourth-order valence-corrected chi connectivity index (χ4v) is 10.6. The fourth-order valence-electron chi connectivity index (χ4n) is 10.2. The number of rotatable bonds is 15. The smallest absolute Gasteiger partial charge is 0.330 e. The molecule has 9 atom stereocenters. The number of nitrogens with two attached hydrogens (primary N) is 1. The van der Waals surface area contributed by atoms with E-state index in [9.17, 15) is 8.42 Å². The van der Waals surface area contributed by atoms with Crippen molar-refractivity contribution in [2.75, 3.05) is 32.8 Å². The summed E-state index contributed by atoms with van der Waals surface area (Å²) < 4.78 is 35.2. The molecule has 0 aliphatic heterocycles. The molecule has 4 rings (SSSR count). The summed E-state index contributed by atoms with van der Waals surface area (Å²) in [4.78, 5) is 0. The predicted molar refractivity (Wildman–Crippen MR) is 159 cm³/mol. The van der Waals surface area contributed by atoms with E-state index in [2.05, 4.69) is 35.6 Å². The monoisotopic (exact) mass is 569 g/mol. The maximum Gasteiger partial charge on any atom is 0.397 e. The molecule has 0 radical (unpaired) electrons. The van der Waals surface area contributed by atoms with Gasteiger partial charge in [-0.15, -0.1) is 0 Å². The SMILES string of the molecule is CC(CCCOS(=O)(=O)O)C1CCC2C3CCC4CC(NCCCNCCCCN)CCC4(C)C3CCC12C. The Labute approximate surface area is 239 Å². The van der Waals surface area contributed by atoms with Gasteiger partial charge in [0, 0.05) is 6.04 Å². The van der Waals surface area contributed by atoms with Gasteiger partial charge in [0.25, 0.3) is 0 Å². The Balaban J connectivity index is 1.25. The number of hydrogen-bond donors (Lipinski definition) is 4. The molecule has 39 heavy (non-hydrogen) atoms. The second-order valence-corrected chi connectivity index (χ2v) is 15.4. The summed E-state index contributed by atoms with van der Waals surface area (Å²) in [6.07, 6.45) is 17.6. The Kier molecular flexibility index (Phi) is 11.2. The maximum absolute atomic E-state index is 10.9. The van der Waals surface area contributed by atoms with Gasteiger partial charge < -0.3 is 16.4 Å². The highest BCUT2D eigenvalue weighted by Gasteiger charge is 2.60. The molecule has 4 aliphatic rings. The Morgan fingerprint density at radius 2 is 1.67 bits per heavy atom. The highest BCUT2D eigenvalue weighted by atomic mass is 32.3. The second-order valence-electron chi connectivity index (χ2n) is 14.3. The first kappa shape index (κ1) is 31.7. The molecule has 5 N–H and O–H groups in total. The number of unbranched alkanes of at least 4 members (excludes halogenated alkanes) is 1. The van der Waals surface area contributed by atoms with Crippen LogP contribution < -0.4 is 16.4 Å². The van der Waals surface area contributed by atoms with Gasteiger partial charge in [-0.2, -0.15) is 8.42 Å². The molecule has 0 bridgehead atoms. The summed E-state index contributed by atoms with van der Waals surface area (Å²) in [5.74, 6) is 4.79. The molecular weight excluding hydrogens is 510 g/mol. The normalized spacial score (nSPS) is 39.1. The predicted octanol–water partition coefficient (Wildman–Crippen LogP) is 5.56. The molecule has 9 unspecified atom stereocenters. The topological polar surface area (TPSA) is 114 Å². The Hall–Kier alpha value is -0.250. The van der Waals surface area contributed by atoms with Gasteiger partial charge >= 0.3 is 10.4 Å². The average Bonchev–Trinajstić information content (AvgIpc) is 3.25. The summed E-state index contributed by atoms with van der Waals surface area (Å²) in [5, 5.41) is 7.48. The first-order valence-corrected chi connectivity index (χ1v) is 17.7. The zero-order chi connectivity index (χ0) is 28.1. The molecule has 0 saturated heterocycles. The molecule has 0 aromatic rings. The maximum atomic E-state index is 10.9. The summed E-state index contributed by atoms with van der Waals surface area (Å²) in [5.41, 5.74) is 6.52. The lowest BCUT2D eigenvalue weighted by atomic mass is 9.44. The van der Waals surface area contributed by atoms with Crippen LogP contribution in [-0.4, -0.2) is 51.8 Å². The van der Waals surface area contributed by atoms with Crippen molar-refractivity contribution in [3.8, 4) is 0 Å². The van der Waals surface area contributed by atoms with Crippen LogP contribution in [0.3, 0.4) is 0 Å². The summed E-state index contributed by atoms with van der Waals surface area (Å²) in [6.45, 7) is 11.8. The van der Waals surface area contributed by atoms with Crippen LogP contribution in [0.2, 0.25) is 0 Å². The first-order chi connectivity index (χ1) is 18.6. The van der Waals surface area contributed by atoms with Crippen molar-refractivity contribution < 1.29 is 17.2 Å². The lowest BCUT2D eigenvalue weighted by Gasteiger charge is -2.61. The highest BCUT2D eigenvalue weighted by molar-refractivity contribution is 7.80. The van der Waals surface area contributed by atoms with Gasteiger partial charge in [0.2, 0.25) is 0 Å². The van der Waals surface area contributed by atoms with Gasteiger partial charge in [0.05, 0.1) is 6.61 Å². The minimum absolute atomic E-state index is 0.0858. The van der Waals surface area contributed by atoms with E-state index in [0.717, 1.165) is 68.6 Å². The first-order valence-electron chi connectivity index (χ1n) is 16.3. The number of hydrogen-bond acceptors (Lipinski definition) is 6. The minimum Gasteiger partial charge on any atom is -0.330 e. The Bertz CT molecular complexity index is 872. The second kappa shape index (κ2) is 13.8. The number of fused-ring (bicyclic) bond motifs is 5. The van der Waals surface area contributed by atoms with Gasteiger partial charge in [-0.3, -0.25) is 4.55 Å². The van der Waals surface area contributed by atoms with Crippen molar-refractivity contribution in [2.24, 2.45) is 52.1 Å². The molecular formula is C31H59N3O4S. The van der Waals surface area contributed by atoms with E-state index in [-0.39, 0.29) is 6.61 Å². The van der Waals surface area contributed by atoms with E-state index in [0.29, 0.717) is 29.2 Å². The molecule has 4 aliphatic carbocycles. The van der Waals surface area contributed by atoms with E-state index in [4.69, 9.17) is 10.3 Å². The van der Waals surface area contributed by atoms with Gasteiger partial charge in [0.15, 0.2) is 0 Å². The lowest BCUT2D eigenvalue weighted by Crippen LogP contribution is -2.55. The van der Waals surface area contributed by atoms with Gasteiger partial charge in [-0.1, -0.05) is 20.8 Å². The van der Waals surface area contributed by atoms with E-state index in [1.54, 1.807) is 0 Å². The van der Waals surface area contributed by atoms with Crippen molar-refractivity contribution in [2.45, 2.75) is 117 Å². The molecule has 0 aromatic heterocycles. The third kappa shape index (κ3) is 7.59. The van der Waals surface area contributed by atoms with E-state index in [1.807, 2.05) is 0 Å². The van der Waals surface area contributed by atoms with Crippen molar-refractivity contribution >= 4 is 10.4 Å². The Morgan fingerprint density at radius 3 is 2.44 bits per heavy atom. The molecule has 0 aromatic carbocycles. The third-order valence-electron chi connectivity index (χ3n) is 12.2. The highest BCUT2D eigenvalue weighted by Crippen LogP contribution is 2.68. The van der Waals surface area contributed by atoms with E-state index < -0.39 is 10.4 Å². The van der Waals surface area contributed by atoms with E-state index >= 15 is 0 Å². The van der Waals surface area contributed by atoms with Crippen LogP contribution in [0, 0.1) is 46.3 Å². The number of nitrogens with one attached hydrogen (secondary N) is 2. The quantitative estimate of drug-likeness (QED) is 0.151. The van der Waals surface area contributed by atoms with Crippen LogP contribution in [0.4, 0.5) is 0 Å². The van der Waals surface area contributed by atoms with Gasteiger partial charge in [-0.25, -0.2) is 4.18 Å². The molecule has 4 saturated carbocycles. The average molecular weight is 570 g/mol. The Morgan fingerprint density at radius 1 is 0.923 bits per heavy atom. The van der Waals surface area contributed by atoms with Crippen LogP contribution in [0.25, 0.3) is 0 Å². The standard InChI is InChI=1S/C31H59N3O4S/c1-23(8-6-21-38-39(35,36)37)27-11-12-28-26-10-9-24-22-25(34-20-7-19-33-18-5-4-17-32)13-15-30(24,2)29(26)14-16-31(27,28)3/h23-29,33-34H,4-22,32H2,1-3H3,(H,35,36,37). The summed E-state index contributed by atoms with van der Waals surface area (Å²) in [6, 6.07) is 0.701. The zero-order valence-electron chi connectivity index (χ0n) is 25.1.